The van der Waals surface area contributed by atoms with Gasteiger partial charge in [0.1, 0.15) is 5.75 Å². The van der Waals surface area contributed by atoms with Crippen LogP contribution in [0.1, 0.15) is 16.9 Å². The molecule has 1 aliphatic rings. The number of rotatable bonds is 7. The molecule has 0 spiro atoms. The van der Waals surface area contributed by atoms with Crippen LogP contribution in [0.3, 0.4) is 0 Å². The zero-order valence-corrected chi connectivity index (χ0v) is 18.0. The van der Waals surface area contributed by atoms with Crippen molar-refractivity contribution in [3.8, 4) is 5.75 Å². The minimum atomic E-state index is 0.0479. The Kier molecular flexibility index (Phi) is 6.42. The van der Waals surface area contributed by atoms with Crippen molar-refractivity contribution in [3.63, 3.8) is 0 Å². The third kappa shape index (κ3) is 4.95. The number of nitrogens with zero attached hydrogens (tertiary/aromatic N) is 1. The lowest BCUT2D eigenvalue weighted by Gasteiger charge is -2.30. The van der Waals surface area contributed by atoms with Gasteiger partial charge in [-0.05, 0) is 59.8 Å². The molecule has 4 nitrogen and oxygen atoms in total. The molecule has 1 aliphatic heterocycles. The number of hydrogen-bond donors (Lipinski definition) is 1. The monoisotopic (exact) mass is 424 g/mol. The number of anilines is 2. The highest BCUT2D eigenvalue weighted by atomic mass is 32.2. The fourth-order valence-electron chi connectivity index (χ4n) is 3.46. The smallest absolute Gasteiger partial charge is 0.225 e. The van der Waals surface area contributed by atoms with Crippen molar-refractivity contribution in [1.29, 1.82) is 0 Å². The van der Waals surface area contributed by atoms with Crippen LogP contribution in [0.25, 0.3) is 0 Å². The topological polar surface area (TPSA) is 41.6 Å². The van der Waals surface area contributed by atoms with Crippen LogP contribution in [-0.2, 0) is 17.8 Å². The number of thioether (sulfide) groups is 1. The minimum Gasteiger partial charge on any atom is -0.497 e. The van der Waals surface area contributed by atoms with E-state index < -0.39 is 0 Å². The van der Waals surface area contributed by atoms with Crippen molar-refractivity contribution >= 4 is 40.4 Å². The van der Waals surface area contributed by atoms with Gasteiger partial charge in [0.25, 0.3) is 0 Å². The van der Waals surface area contributed by atoms with Crippen molar-refractivity contribution in [3.05, 3.63) is 70.4 Å². The first-order chi connectivity index (χ1) is 14.2. The predicted molar refractivity (Wildman–Crippen MR) is 122 cm³/mol. The van der Waals surface area contributed by atoms with Gasteiger partial charge < -0.3 is 15.0 Å². The van der Waals surface area contributed by atoms with E-state index in [2.05, 4.69) is 27.7 Å². The zero-order chi connectivity index (χ0) is 20.1. The van der Waals surface area contributed by atoms with Gasteiger partial charge in [-0.1, -0.05) is 12.1 Å². The lowest BCUT2D eigenvalue weighted by Crippen LogP contribution is -2.30. The van der Waals surface area contributed by atoms with Gasteiger partial charge in [-0.25, -0.2) is 0 Å². The van der Waals surface area contributed by atoms with E-state index in [0.717, 1.165) is 47.3 Å². The molecular weight excluding hydrogens is 400 g/mol. The number of carbonyl (C=O) groups is 1. The molecule has 3 aromatic rings. The zero-order valence-electron chi connectivity index (χ0n) is 16.4. The molecule has 2 aromatic carbocycles. The number of nitrogens with one attached hydrogen (secondary N) is 1. The summed E-state index contributed by atoms with van der Waals surface area (Å²) in [5.41, 5.74) is 3.39. The highest BCUT2D eigenvalue weighted by Crippen LogP contribution is 2.32. The number of methoxy groups -OCH3 is 1. The third-order valence-corrected chi connectivity index (χ3v) is 7.02. The van der Waals surface area contributed by atoms with Crippen LogP contribution >= 0.6 is 23.1 Å². The normalized spacial score (nSPS) is 13.1. The highest BCUT2D eigenvalue weighted by molar-refractivity contribution is 7.99. The number of para-hydroxylation sites is 2. The van der Waals surface area contributed by atoms with Crippen molar-refractivity contribution in [2.75, 3.05) is 29.6 Å². The average molecular weight is 425 g/mol. The molecule has 0 fully saturated rings. The van der Waals surface area contributed by atoms with E-state index in [0.29, 0.717) is 6.42 Å². The van der Waals surface area contributed by atoms with Crippen LogP contribution in [0.15, 0.2) is 64.9 Å². The van der Waals surface area contributed by atoms with Gasteiger partial charge in [-0.2, -0.15) is 0 Å². The maximum Gasteiger partial charge on any atom is 0.225 e. The Balaban J connectivity index is 1.34. The van der Waals surface area contributed by atoms with Crippen LogP contribution in [0.5, 0.6) is 5.75 Å². The molecule has 0 radical (unpaired) electrons. The first-order valence-electron chi connectivity index (χ1n) is 9.69. The van der Waals surface area contributed by atoms with Gasteiger partial charge in [0.05, 0.1) is 18.5 Å². The van der Waals surface area contributed by atoms with Gasteiger partial charge in [-0.3, -0.25) is 4.79 Å². The van der Waals surface area contributed by atoms with E-state index in [-0.39, 0.29) is 5.91 Å². The first-order valence-corrected chi connectivity index (χ1v) is 11.6. The minimum absolute atomic E-state index is 0.0479. The first kappa shape index (κ1) is 19.9. The number of carbonyl (C=O) groups excluding carboxylic acids is 1. The second-order valence-corrected chi connectivity index (χ2v) is 9.05. The van der Waals surface area contributed by atoms with Gasteiger partial charge >= 0.3 is 0 Å². The fraction of sp³-hybridized carbons (Fsp3) is 0.261. The number of benzene rings is 2. The second kappa shape index (κ2) is 9.37. The van der Waals surface area contributed by atoms with Crippen molar-refractivity contribution in [2.24, 2.45) is 0 Å². The standard InChI is InChI=1S/C23H24N2O2S2/c1-27-18-6-8-19(9-7-18)28-15-12-23(26)24-20-4-2-3-5-21(20)25-13-10-22-17(16-25)11-14-29-22/h2-9,11,14H,10,12-13,15-16H2,1H3,(H,24,26). The van der Waals surface area contributed by atoms with E-state index in [1.807, 2.05) is 53.8 Å². The van der Waals surface area contributed by atoms with Gasteiger partial charge in [0.15, 0.2) is 0 Å². The van der Waals surface area contributed by atoms with Crippen molar-refractivity contribution < 1.29 is 9.53 Å². The van der Waals surface area contributed by atoms with Gasteiger partial charge in [0.2, 0.25) is 5.91 Å². The average Bonchev–Trinajstić information content (AvgIpc) is 3.22. The summed E-state index contributed by atoms with van der Waals surface area (Å²) in [6.45, 7) is 1.88. The quantitative estimate of drug-likeness (QED) is 0.513. The summed E-state index contributed by atoms with van der Waals surface area (Å²) in [6.07, 6.45) is 1.54. The Morgan fingerprint density at radius 1 is 1.17 bits per heavy atom. The van der Waals surface area contributed by atoms with E-state index in [1.54, 1.807) is 18.9 Å². The van der Waals surface area contributed by atoms with Crippen molar-refractivity contribution in [2.45, 2.75) is 24.3 Å². The molecule has 0 saturated carbocycles. The fourth-order valence-corrected chi connectivity index (χ4v) is 5.20. The summed E-state index contributed by atoms with van der Waals surface area (Å²) < 4.78 is 5.18. The van der Waals surface area contributed by atoms with E-state index in [9.17, 15) is 4.79 Å². The lowest BCUT2D eigenvalue weighted by molar-refractivity contribution is -0.115. The molecule has 0 unspecified atom stereocenters. The SMILES string of the molecule is COc1ccc(SCCC(=O)Nc2ccccc2N2CCc3sccc3C2)cc1. The van der Waals surface area contributed by atoms with Crippen LogP contribution < -0.4 is 15.0 Å². The molecule has 150 valence electrons. The number of hydrogen-bond acceptors (Lipinski definition) is 5. The van der Waals surface area contributed by atoms with E-state index >= 15 is 0 Å². The maximum atomic E-state index is 12.5. The van der Waals surface area contributed by atoms with E-state index in [1.165, 1.54) is 10.4 Å². The molecule has 4 rings (SSSR count). The van der Waals surface area contributed by atoms with Crippen molar-refractivity contribution in [1.82, 2.24) is 0 Å². The predicted octanol–water partition coefficient (Wildman–Crippen LogP) is 5.44. The summed E-state index contributed by atoms with van der Waals surface area (Å²) in [5, 5.41) is 5.29. The molecule has 0 aliphatic carbocycles. The molecule has 29 heavy (non-hydrogen) atoms. The Labute approximate surface area is 179 Å². The van der Waals surface area contributed by atoms with Crippen LogP contribution in [0.4, 0.5) is 11.4 Å². The molecule has 1 amide bonds. The van der Waals surface area contributed by atoms with Gasteiger partial charge in [0, 0.05) is 35.0 Å². The Morgan fingerprint density at radius 2 is 2.00 bits per heavy atom. The largest absolute Gasteiger partial charge is 0.497 e. The molecule has 2 heterocycles. The molecule has 1 N–H and O–H groups in total. The number of amides is 1. The molecule has 0 bridgehead atoms. The summed E-state index contributed by atoms with van der Waals surface area (Å²) in [4.78, 5) is 17.5. The molecule has 1 aromatic heterocycles. The third-order valence-electron chi connectivity index (χ3n) is 4.98. The van der Waals surface area contributed by atoms with Gasteiger partial charge in [-0.15, -0.1) is 23.1 Å². The van der Waals surface area contributed by atoms with E-state index in [4.69, 9.17) is 4.74 Å². The van der Waals surface area contributed by atoms with Crippen LogP contribution in [0.2, 0.25) is 0 Å². The number of thiophene rings is 1. The van der Waals surface area contributed by atoms with Crippen LogP contribution in [0, 0.1) is 0 Å². The molecular formula is C23H24N2O2S2. The summed E-state index contributed by atoms with van der Waals surface area (Å²) in [5.74, 6) is 1.63. The number of ether oxygens (including phenoxy) is 1. The molecule has 6 heteroatoms. The summed E-state index contributed by atoms with van der Waals surface area (Å²) >= 11 is 3.52. The molecule has 0 atom stereocenters. The van der Waals surface area contributed by atoms with Crippen LogP contribution in [-0.4, -0.2) is 25.3 Å². The molecule has 0 saturated heterocycles. The Morgan fingerprint density at radius 3 is 2.83 bits per heavy atom. The Bertz CT molecular complexity index is 969. The highest BCUT2D eigenvalue weighted by Gasteiger charge is 2.20. The summed E-state index contributed by atoms with van der Waals surface area (Å²) in [7, 11) is 1.66. The number of fused-ring (bicyclic) bond motifs is 1. The Hall–Kier alpha value is -2.44. The second-order valence-electron chi connectivity index (χ2n) is 6.88. The lowest BCUT2D eigenvalue weighted by atomic mass is 10.1. The maximum absolute atomic E-state index is 12.5. The summed E-state index contributed by atoms with van der Waals surface area (Å²) in [6, 6.07) is 18.2.